The molecule has 2 atom stereocenters. The second kappa shape index (κ2) is 7.40. The molecule has 2 aliphatic heterocycles. The Balaban J connectivity index is 1.47. The van der Waals surface area contributed by atoms with Gasteiger partial charge in [-0.25, -0.2) is 0 Å². The molecule has 1 saturated carbocycles. The lowest BCUT2D eigenvalue weighted by Gasteiger charge is -2.47. The molecule has 3 aliphatic rings. The zero-order chi connectivity index (χ0) is 21.8. The third kappa shape index (κ3) is 3.08. The van der Waals surface area contributed by atoms with Crippen molar-refractivity contribution in [2.24, 2.45) is 5.92 Å². The molecule has 0 radical (unpaired) electrons. The number of aromatic nitrogens is 1. The van der Waals surface area contributed by atoms with E-state index in [2.05, 4.69) is 17.1 Å². The van der Waals surface area contributed by atoms with Gasteiger partial charge < -0.3 is 19.5 Å². The highest BCUT2D eigenvalue weighted by Crippen LogP contribution is 2.43. The Kier molecular flexibility index (Phi) is 4.49. The molecular formula is C26H27N3O3. The summed E-state index contributed by atoms with van der Waals surface area (Å²) in [5.41, 5.74) is 4.20. The Bertz CT molecular complexity index is 1190. The van der Waals surface area contributed by atoms with Gasteiger partial charge >= 0.3 is 0 Å². The number of rotatable bonds is 5. The minimum Gasteiger partial charge on any atom is -0.494 e. The third-order valence-corrected chi connectivity index (χ3v) is 7.02. The number of para-hydroxylation sites is 1. The van der Waals surface area contributed by atoms with Crippen molar-refractivity contribution < 1.29 is 14.3 Å². The van der Waals surface area contributed by atoms with Crippen molar-refractivity contribution in [3.63, 3.8) is 0 Å². The van der Waals surface area contributed by atoms with Crippen LogP contribution in [0.2, 0.25) is 0 Å². The van der Waals surface area contributed by atoms with Crippen molar-refractivity contribution in [3.05, 3.63) is 65.4 Å². The predicted octanol–water partition coefficient (Wildman–Crippen LogP) is 3.66. The molecule has 2 aromatic carbocycles. The van der Waals surface area contributed by atoms with Gasteiger partial charge in [-0.05, 0) is 55.0 Å². The summed E-state index contributed by atoms with van der Waals surface area (Å²) in [5.74, 6) is 1.48. The molecule has 1 aromatic heterocycles. The summed E-state index contributed by atoms with van der Waals surface area (Å²) in [4.78, 5) is 34.2. The molecule has 3 aromatic rings. The molecule has 3 heterocycles. The van der Waals surface area contributed by atoms with Crippen molar-refractivity contribution in [1.82, 2.24) is 14.8 Å². The number of carbonyl (C=O) groups excluding carboxylic acids is 2. The number of piperazine rings is 1. The van der Waals surface area contributed by atoms with Crippen molar-refractivity contribution >= 4 is 22.7 Å². The van der Waals surface area contributed by atoms with Crippen molar-refractivity contribution in [2.45, 2.75) is 38.3 Å². The fourth-order valence-electron chi connectivity index (χ4n) is 5.35. The first kappa shape index (κ1) is 19.4. The van der Waals surface area contributed by atoms with Crippen molar-refractivity contribution in [2.75, 3.05) is 19.7 Å². The van der Waals surface area contributed by atoms with E-state index in [4.69, 9.17) is 4.74 Å². The number of hydrogen-bond donors (Lipinski definition) is 1. The summed E-state index contributed by atoms with van der Waals surface area (Å²) in [5, 5.41) is 1.14. The van der Waals surface area contributed by atoms with Gasteiger partial charge in [0.25, 0.3) is 0 Å². The summed E-state index contributed by atoms with van der Waals surface area (Å²) >= 11 is 0. The van der Waals surface area contributed by atoms with Crippen LogP contribution in [0, 0.1) is 5.92 Å². The number of ether oxygens (including phenoxy) is 1. The van der Waals surface area contributed by atoms with Gasteiger partial charge in [-0.1, -0.05) is 30.3 Å². The van der Waals surface area contributed by atoms with Gasteiger partial charge in [0, 0.05) is 29.6 Å². The first-order valence-corrected chi connectivity index (χ1v) is 11.6. The van der Waals surface area contributed by atoms with Gasteiger partial charge in [0.1, 0.15) is 11.8 Å². The molecule has 164 valence electrons. The van der Waals surface area contributed by atoms with E-state index >= 15 is 0 Å². The van der Waals surface area contributed by atoms with Crippen LogP contribution < -0.4 is 4.74 Å². The molecule has 6 heteroatoms. The van der Waals surface area contributed by atoms with Crippen LogP contribution in [0.4, 0.5) is 0 Å². The monoisotopic (exact) mass is 429 g/mol. The van der Waals surface area contributed by atoms with Crippen LogP contribution in [0.3, 0.4) is 0 Å². The van der Waals surface area contributed by atoms with Crippen LogP contribution in [0.25, 0.3) is 10.9 Å². The van der Waals surface area contributed by atoms with E-state index in [0.717, 1.165) is 46.3 Å². The lowest BCUT2D eigenvalue weighted by atomic mass is 9.86. The highest BCUT2D eigenvalue weighted by molar-refractivity contribution is 5.97. The number of benzene rings is 2. The Labute approximate surface area is 187 Å². The molecule has 1 saturated heterocycles. The van der Waals surface area contributed by atoms with Crippen LogP contribution in [0.15, 0.2) is 48.5 Å². The first-order chi connectivity index (χ1) is 15.6. The maximum atomic E-state index is 13.6. The zero-order valence-electron chi connectivity index (χ0n) is 18.2. The lowest BCUT2D eigenvalue weighted by Crippen LogP contribution is -2.63. The number of nitrogens with zero attached hydrogens (tertiary/aromatic N) is 2. The number of carbonyl (C=O) groups is 2. The zero-order valence-corrected chi connectivity index (χ0v) is 18.2. The average Bonchev–Trinajstić information content (AvgIpc) is 3.55. The van der Waals surface area contributed by atoms with E-state index in [1.165, 1.54) is 0 Å². The second-order valence-corrected chi connectivity index (χ2v) is 9.15. The van der Waals surface area contributed by atoms with Gasteiger partial charge in [0.15, 0.2) is 0 Å². The molecule has 2 unspecified atom stereocenters. The highest BCUT2D eigenvalue weighted by atomic mass is 16.5. The highest BCUT2D eigenvalue weighted by Gasteiger charge is 2.48. The van der Waals surface area contributed by atoms with Crippen molar-refractivity contribution in [1.29, 1.82) is 0 Å². The lowest BCUT2D eigenvalue weighted by molar-refractivity contribution is -0.158. The number of H-pyrrole nitrogens is 1. The summed E-state index contributed by atoms with van der Waals surface area (Å²) in [6.45, 7) is 3.45. The van der Waals surface area contributed by atoms with Crippen molar-refractivity contribution in [3.8, 4) is 5.75 Å². The molecule has 1 N–H and O–H groups in total. The summed E-state index contributed by atoms with van der Waals surface area (Å²) < 4.78 is 5.62. The van der Waals surface area contributed by atoms with Gasteiger partial charge in [-0.3, -0.25) is 9.59 Å². The number of hydrogen-bond acceptors (Lipinski definition) is 3. The topological polar surface area (TPSA) is 65.6 Å². The number of aromatic amines is 1. The van der Waals surface area contributed by atoms with E-state index in [9.17, 15) is 9.59 Å². The van der Waals surface area contributed by atoms with E-state index in [0.29, 0.717) is 25.5 Å². The quantitative estimate of drug-likeness (QED) is 0.673. The Hall–Kier alpha value is -3.28. The Morgan fingerprint density at radius 3 is 2.59 bits per heavy atom. The Morgan fingerprint density at radius 1 is 1.06 bits per heavy atom. The van der Waals surface area contributed by atoms with Gasteiger partial charge in [0.05, 0.1) is 19.2 Å². The standard InChI is InChI=1S/C26H27N3O3/c1-2-32-18-11-9-17(10-12-18)25-24-20(19-5-3-4-6-21(19)27-24)13-22-26(31)28(14-16-7-8-16)15-23(30)29(22)25/h3-6,9-12,16,22,25,27H,2,7-8,13-15H2,1H3. The smallest absolute Gasteiger partial charge is 0.246 e. The van der Waals surface area contributed by atoms with Gasteiger partial charge in [0.2, 0.25) is 11.8 Å². The van der Waals surface area contributed by atoms with Crippen LogP contribution in [-0.2, 0) is 16.0 Å². The fraction of sp³-hybridized carbons (Fsp3) is 0.385. The summed E-state index contributed by atoms with van der Waals surface area (Å²) in [6, 6.07) is 15.4. The molecule has 6 rings (SSSR count). The van der Waals surface area contributed by atoms with Gasteiger partial charge in [-0.15, -0.1) is 0 Å². The van der Waals surface area contributed by atoms with E-state index < -0.39 is 6.04 Å². The molecule has 1 aliphatic carbocycles. The number of fused-ring (bicyclic) bond motifs is 4. The van der Waals surface area contributed by atoms with Crippen LogP contribution in [0.1, 0.15) is 42.6 Å². The molecule has 0 bridgehead atoms. The normalized spacial score (nSPS) is 22.8. The second-order valence-electron chi connectivity index (χ2n) is 9.15. The molecular weight excluding hydrogens is 402 g/mol. The largest absolute Gasteiger partial charge is 0.494 e. The van der Waals surface area contributed by atoms with E-state index in [1.54, 1.807) is 4.90 Å². The maximum Gasteiger partial charge on any atom is 0.246 e. The number of amides is 2. The fourth-order valence-corrected chi connectivity index (χ4v) is 5.35. The third-order valence-electron chi connectivity index (χ3n) is 7.02. The first-order valence-electron chi connectivity index (χ1n) is 11.6. The van der Waals surface area contributed by atoms with E-state index in [-0.39, 0.29) is 24.4 Å². The SMILES string of the molecule is CCOc1ccc(C2c3[nH]c4ccccc4c3CC3C(=O)N(CC4CC4)CC(=O)N32)cc1. The molecule has 2 fully saturated rings. The average molecular weight is 430 g/mol. The minimum atomic E-state index is -0.460. The van der Waals surface area contributed by atoms with Gasteiger partial charge in [-0.2, -0.15) is 0 Å². The maximum absolute atomic E-state index is 13.6. The molecule has 2 amide bonds. The summed E-state index contributed by atoms with van der Waals surface area (Å²) in [7, 11) is 0. The van der Waals surface area contributed by atoms with Crippen LogP contribution in [0.5, 0.6) is 5.75 Å². The van der Waals surface area contributed by atoms with Crippen LogP contribution in [-0.4, -0.2) is 52.3 Å². The van der Waals surface area contributed by atoms with Crippen LogP contribution >= 0.6 is 0 Å². The summed E-state index contributed by atoms with van der Waals surface area (Å²) in [6.07, 6.45) is 2.88. The Morgan fingerprint density at radius 2 is 1.84 bits per heavy atom. The predicted molar refractivity (Wildman–Crippen MR) is 121 cm³/mol. The number of nitrogens with one attached hydrogen (secondary N) is 1. The molecule has 6 nitrogen and oxygen atoms in total. The minimum absolute atomic E-state index is 0.0263. The molecule has 0 spiro atoms. The van der Waals surface area contributed by atoms with E-state index in [1.807, 2.05) is 48.2 Å². The molecule has 32 heavy (non-hydrogen) atoms.